The van der Waals surface area contributed by atoms with Crippen molar-refractivity contribution >= 4 is 39.9 Å². The molecule has 0 unspecified atom stereocenters. The number of nitrogens with one attached hydrogen (secondary N) is 2. The van der Waals surface area contributed by atoms with E-state index in [-0.39, 0.29) is 30.0 Å². The van der Waals surface area contributed by atoms with E-state index < -0.39 is 22.6 Å². The van der Waals surface area contributed by atoms with Gasteiger partial charge in [-0.25, -0.2) is 0 Å². The molecule has 0 aliphatic heterocycles. The molecule has 0 saturated heterocycles. The van der Waals surface area contributed by atoms with Gasteiger partial charge in [0.25, 0.3) is 0 Å². The first-order chi connectivity index (χ1) is 16.7. The van der Waals surface area contributed by atoms with E-state index in [1.807, 2.05) is 45.0 Å². The first kappa shape index (κ1) is 26.6. The molecule has 1 atom stereocenters. The minimum absolute atomic E-state index is 0.131. The van der Waals surface area contributed by atoms with Crippen molar-refractivity contribution in [2.75, 3.05) is 28.3 Å². The van der Waals surface area contributed by atoms with E-state index in [0.717, 1.165) is 42.4 Å². The van der Waals surface area contributed by atoms with Crippen LogP contribution < -0.4 is 15.5 Å². The number of carbonyl (C=O) groups excluding carboxylic acids is 3. The van der Waals surface area contributed by atoms with Crippen molar-refractivity contribution in [3.8, 4) is 0 Å². The van der Waals surface area contributed by atoms with Gasteiger partial charge in [-0.05, 0) is 62.9 Å². The lowest BCUT2D eigenvalue weighted by atomic mass is 9.95. The Bertz CT molecular complexity index is 1080. The Morgan fingerprint density at radius 3 is 2.29 bits per heavy atom. The van der Waals surface area contributed by atoms with Gasteiger partial charge in [-0.2, -0.15) is 0 Å². The molecule has 8 heteroatoms. The molecule has 0 radical (unpaired) electrons. The number of anilines is 2. The van der Waals surface area contributed by atoms with E-state index in [9.17, 15) is 18.6 Å². The predicted octanol–water partition coefficient (Wildman–Crippen LogP) is 3.78. The van der Waals surface area contributed by atoms with Crippen molar-refractivity contribution in [1.29, 1.82) is 0 Å². The largest absolute Gasteiger partial charge is 0.352 e. The average molecular weight is 498 g/mol. The van der Waals surface area contributed by atoms with E-state index in [1.165, 1.54) is 11.3 Å². The van der Waals surface area contributed by atoms with E-state index >= 15 is 0 Å². The van der Waals surface area contributed by atoms with Gasteiger partial charge >= 0.3 is 0 Å². The third-order valence-corrected chi connectivity index (χ3v) is 7.50. The Balaban J connectivity index is 1.66. The summed E-state index contributed by atoms with van der Waals surface area (Å²) in [5.74, 6) is -1.73. The van der Waals surface area contributed by atoms with Crippen molar-refractivity contribution in [2.24, 2.45) is 0 Å². The normalized spacial score (nSPS) is 14.7. The van der Waals surface area contributed by atoms with Crippen LogP contribution in [0.3, 0.4) is 0 Å². The van der Waals surface area contributed by atoms with Crippen molar-refractivity contribution in [3.05, 3.63) is 59.2 Å². The van der Waals surface area contributed by atoms with Crippen LogP contribution in [0, 0.1) is 20.8 Å². The number of nitrogens with zero attached hydrogens (tertiary/aromatic N) is 1. The van der Waals surface area contributed by atoms with Gasteiger partial charge in [0.2, 0.25) is 17.7 Å². The van der Waals surface area contributed by atoms with Gasteiger partial charge in [-0.15, -0.1) is 0 Å². The number of hydrogen-bond acceptors (Lipinski definition) is 4. The molecule has 1 saturated carbocycles. The van der Waals surface area contributed by atoms with Gasteiger partial charge < -0.3 is 15.5 Å². The maximum Gasteiger partial charge on any atom is 0.240 e. The monoisotopic (exact) mass is 497 g/mol. The minimum Gasteiger partial charge on any atom is -0.352 e. The fourth-order valence-corrected chi connectivity index (χ4v) is 5.14. The summed E-state index contributed by atoms with van der Waals surface area (Å²) in [4.78, 5) is 39.8. The van der Waals surface area contributed by atoms with Crippen LogP contribution in [0.4, 0.5) is 11.4 Å². The van der Waals surface area contributed by atoms with Crippen LogP contribution in [-0.2, 0) is 25.2 Å². The summed E-state index contributed by atoms with van der Waals surface area (Å²) in [7, 11) is -1.72. The fourth-order valence-electron chi connectivity index (χ4n) is 4.25. The Morgan fingerprint density at radius 1 is 0.914 bits per heavy atom. The molecular weight excluding hydrogens is 462 g/mol. The van der Waals surface area contributed by atoms with Crippen LogP contribution in [-0.4, -0.2) is 46.0 Å². The van der Waals surface area contributed by atoms with E-state index in [1.54, 1.807) is 18.2 Å². The molecule has 2 aromatic rings. The Kier molecular flexibility index (Phi) is 9.60. The summed E-state index contributed by atoms with van der Waals surface area (Å²) in [6, 6.07) is 13.0. The predicted molar refractivity (Wildman–Crippen MR) is 141 cm³/mol. The summed E-state index contributed by atoms with van der Waals surface area (Å²) in [5, 5.41) is 5.76. The summed E-state index contributed by atoms with van der Waals surface area (Å²) in [5.41, 5.74) is 4.17. The number of aryl methyl sites for hydroxylation is 2. The quantitative estimate of drug-likeness (QED) is 0.551. The lowest BCUT2D eigenvalue weighted by Crippen LogP contribution is -2.46. The summed E-state index contributed by atoms with van der Waals surface area (Å²) < 4.78 is 12.7. The van der Waals surface area contributed by atoms with Crippen LogP contribution in [0.1, 0.15) is 48.8 Å². The molecule has 35 heavy (non-hydrogen) atoms. The highest BCUT2D eigenvalue weighted by Gasteiger charge is 2.25. The Morgan fingerprint density at radius 2 is 1.60 bits per heavy atom. The Labute approximate surface area is 210 Å². The zero-order valence-corrected chi connectivity index (χ0v) is 21.6. The second kappa shape index (κ2) is 12.6. The van der Waals surface area contributed by atoms with E-state index in [0.29, 0.717) is 11.4 Å². The van der Waals surface area contributed by atoms with Crippen LogP contribution >= 0.6 is 0 Å². The van der Waals surface area contributed by atoms with Gasteiger partial charge in [0.15, 0.2) is 0 Å². The van der Waals surface area contributed by atoms with Gasteiger partial charge in [-0.3, -0.25) is 18.6 Å². The summed E-state index contributed by atoms with van der Waals surface area (Å²) in [6.07, 6.45) is 5.26. The van der Waals surface area contributed by atoms with E-state index in [2.05, 4.69) is 10.6 Å². The standard InChI is InChI=1S/C27H35N3O4S/c1-19-12-14-23(15-13-19)29-26(32)17-35(34)18-27(33)30(24-11-7-8-20(2)21(24)3)16-25(31)28-22-9-5-4-6-10-22/h7-8,11-15,22H,4-6,9-10,16-18H2,1-3H3,(H,28,31)(H,29,32)/t35-/m1/s1. The van der Waals surface area contributed by atoms with Crippen molar-refractivity contribution in [3.63, 3.8) is 0 Å². The number of amides is 3. The molecule has 3 amide bonds. The van der Waals surface area contributed by atoms with Crippen LogP contribution in [0.5, 0.6) is 0 Å². The first-order valence-electron chi connectivity index (χ1n) is 12.1. The highest BCUT2D eigenvalue weighted by Crippen LogP contribution is 2.23. The smallest absolute Gasteiger partial charge is 0.240 e. The highest BCUT2D eigenvalue weighted by molar-refractivity contribution is 7.86. The lowest BCUT2D eigenvalue weighted by Gasteiger charge is -2.27. The zero-order valence-electron chi connectivity index (χ0n) is 20.8. The lowest BCUT2D eigenvalue weighted by molar-refractivity contribution is -0.123. The molecule has 0 aromatic heterocycles. The van der Waals surface area contributed by atoms with E-state index in [4.69, 9.17) is 0 Å². The number of benzene rings is 2. The number of carbonyl (C=O) groups is 3. The molecule has 0 heterocycles. The molecule has 2 N–H and O–H groups in total. The van der Waals surface area contributed by atoms with Crippen LogP contribution in [0.25, 0.3) is 0 Å². The molecular formula is C27H35N3O4S. The molecule has 1 fully saturated rings. The Hall–Kier alpha value is -3.00. The molecule has 1 aliphatic carbocycles. The van der Waals surface area contributed by atoms with Gasteiger partial charge in [-0.1, -0.05) is 49.1 Å². The molecule has 188 valence electrons. The maximum atomic E-state index is 13.2. The highest BCUT2D eigenvalue weighted by atomic mass is 32.2. The zero-order chi connectivity index (χ0) is 25.4. The summed E-state index contributed by atoms with van der Waals surface area (Å²) >= 11 is 0. The van der Waals surface area contributed by atoms with Crippen molar-refractivity contribution in [2.45, 2.75) is 58.9 Å². The molecule has 0 bridgehead atoms. The summed E-state index contributed by atoms with van der Waals surface area (Å²) in [6.45, 7) is 5.64. The van der Waals surface area contributed by atoms with Crippen molar-refractivity contribution < 1.29 is 18.6 Å². The second-order valence-electron chi connectivity index (χ2n) is 9.24. The third kappa shape index (κ3) is 8.02. The van der Waals surface area contributed by atoms with Gasteiger partial charge in [0.05, 0.1) is 0 Å². The molecule has 3 rings (SSSR count). The molecule has 2 aromatic carbocycles. The SMILES string of the molecule is Cc1ccc(NC(=O)C[S@@](=O)CC(=O)N(CC(=O)NC2CCCCC2)c2cccc(C)c2C)cc1. The van der Waals surface area contributed by atoms with Gasteiger partial charge in [0.1, 0.15) is 18.1 Å². The average Bonchev–Trinajstić information content (AvgIpc) is 2.81. The fraction of sp³-hybridized carbons (Fsp3) is 0.444. The van der Waals surface area contributed by atoms with Gasteiger partial charge in [0, 0.05) is 28.2 Å². The topological polar surface area (TPSA) is 95.6 Å². The molecule has 0 spiro atoms. The van der Waals surface area contributed by atoms with Crippen LogP contribution in [0.15, 0.2) is 42.5 Å². The number of hydrogen-bond donors (Lipinski definition) is 2. The minimum atomic E-state index is -1.72. The van der Waals surface area contributed by atoms with Crippen molar-refractivity contribution in [1.82, 2.24) is 5.32 Å². The third-order valence-electron chi connectivity index (χ3n) is 6.35. The molecule has 1 aliphatic rings. The number of rotatable bonds is 9. The van der Waals surface area contributed by atoms with Crippen LogP contribution in [0.2, 0.25) is 0 Å². The second-order valence-corrected chi connectivity index (χ2v) is 10.7. The molecule has 7 nitrogen and oxygen atoms in total. The first-order valence-corrected chi connectivity index (χ1v) is 13.6. The maximum absolute atomic E-state index is 13.2.